The molecule has 1 aromatic heterocycles. The maximum absolute atomic E-state index is 4.31. The summed E-state index contributed by atoms with van der Waals surface area (Å²) in [5, 5.41) is 7.82. The summed E-state index contributed by atoms with van der Waals surface area (Å²) in [4.78, 5) is 4.31. The monoisotopic (exact) mass is 240 g/mol. The minimum atomic E-state index is 0.390. The first kappa shape index (κ1) is 11.9. The standard InChI is InChI=1S/C11H20N4S/c1-9(2)15-11(13-8-14-15)7-12-10-3-5-16-6-4-10/h8-10,12H,3-7H2,1-2H3. The van der Waals surface area contributed by atoms with Gasteiger partial charge in [0.05, 0.1) is 6.54 Å². The van der Waals surface area contributed by atoms with E-state index >= 15 is 0 Å². The molecule has 0 spiro atoms. The van der Waals surface area contributed by atoms with Crippen molar-refractivity contribution in [3.63, 3.8) is 0 Å². The summed E-state index contributed by atoms with van der Waals surface area (Å²) in [6.07, 6.45) is 4.20. The summed E-state index contributed by atoms with van der Waals surface area (Å²) in [6.45, 7) is 5.11. The third-order valence-electron chi connectivity index (χ3n) is 2.91. The van der Waals surface area contributed by atoms with Gasteiger partial charge in [0.2, 0.25) is 0 Å². The smallest absolute Gasteiger partial charge is 0.141 e. The van der Waals surface area contributed by atoms with Crippen molar-refractivity contribution in [3.8, 4) is 0 Å². The molecular weight excluding hydrogens is 220 g/mol. The Hall–Kier alpha value is -0.550. The summed E-state index contributed by atoms with van der Waals surface area (Å²) in [5.74, 6) is 3.62. The zero-order valence-electron chi connectivity index (χ0n) is 10.0. The number of nitrogens with zero attached hydrogens (tertiary/aromatic N) is 3. The summed E-state index contributed by atoms with van der Waals surface area (Å²) in [7, 11) is 0. The van der Waals surface area contributed by atoms with Gasteiger partial charge >= 0.3 is 0 Å². The van der Waals surface area contributed by atoms with E-state index in [0.29, 0.717) is 12.1 Å². The molecule has 0 bridgehead atoms. The Balaban J connectivity index is 1.86. The molecule has 2 heterocycles. The van der Waals surface area contributed by atoms with Crippen molar-refractivity contribution in [3.05, 3.63) is 12.2 Å². The largest absolute Gasteiger partial charge is 0.307 e. The molecule has 1 aromatic rings. The van der Waals surface area contributed by atoms with E-state index < -0.39 is 0 Å². The molecule has 0 atom stereocenters. The third kappa shape index (κ3) is 2.98. The lowest BCUT2D eigenvalue weighted by atomic mass is 10.1. The van der Waals surface area contributed by atoms with Gasteiger partial charge in [0, 0.05) is 12.1 Å². The molecule has 0 unspecified atom stereocenters. The molecule has 5 heteroatoms. The molecule has 1 aliphatic rings. The predicted molar refractivity (Wildman–Crippen MR) is 67.6 cm³/mol. The summed E-state index contributed by atoms with van der Waals surface area (Å²) in [6, 6.07) is 1.06. The van der Waals surface area contributed by atoms with E-state index in [2.05, 4.69) is 41.0 Å². The molecule has 1 N–H and O–H groups in total. The lowest BCUT2D eigenvalue weighted by molar-refractivity contribution is 0.442. The maximum Gasteiger partial charge on any atom is 0.141 e. The second-order valence-electron chi connectivity index (χ2n) is 4.48. The summed E-state index contributed by atoms with van der Waals surface area (Å²) >= 11 is 2.06. The van der Waals surface area contributed by atoms with Crippen LogP contribution in [0, 0.1) is 0 Å². The van der Waals surface area contributed by atoms with Crippen LogP contribution in [-0.4, -0.2) is 32.3 Å². The van der Waals surface area contributed by atoms with E-state index in [4.69, 9.17) is 0 Å². The average Bonchev–Trinajstić information content (AvgIpc) is 2.76. The lowest BCUT2D eigenvalue weighted by Gasteiger charge is -2.22. The van der Waals surface area contributed by atoms with Crippen LogP contribution in [0.15, 0.2) is 6.33 Å². The van der Waals surface area contributed by atoms with Gasteiger partial charge in [0.15, 0.2) is 0 Å². The first-order valence-corrected chi connectivity index (χ1v) is 7.12. The molecular formula is C11H20N4S. The molecule has 1 saturated heterocycles. The van der Waals surface area contributed by atoms with Gasteiger partial charge in [-0.1, -0.05) is 0 Å². The molecule has 2 rings (SSSR count). The number of rotatable bonds is 4. The summed E-state index contributed by atoms with van der Waals surface area (Å²) in [5.41, 5.74) is 0. The van der Waals surface area contributed by atoms with Crippen molar-refractivity contribution in [2.75, 3.05) is 11.5 Å². The molecule has 0 aliphatic carbocycles. The Labute approximate surface area is 101 Å². The van der Waals surface area contributed by atoms with Gasteiger partial charge in [-0.3, -0.25) is 0 Å². The fourth-order valence-corrected chi connectivity index (χ4v) is 3.08. The Bertz CT molecular complexity index is 318. The highest BCUT2D eigenvalue weighted by molar-refractivity contribution is 7.99. The highest BCUT2D eigenvalue weighted by atomic mass is 32.2. The lowest BCUT2D eigenvalue weighted by Crippen LogP contribution is -2.33. The van der Waals surface area contributed by atoms with Gasteiger partial charge in [-0.2, -0.15) is 16.9 Å². The van der Waals surface area contributed by atoms with Crippen molar-refractivity contribution >= 4 is 11.8 Å². The van der Waals surface area contributed by atoms with Crippen molar-refractivity contribution < 1.29 is 0 Å². The Kier molecular flexibility index (Phi) is 4.23. The Morgan fingerprint density at radius 2 is 2.25 bits per heavy atom. The number of nitrogens with one attached hydrogen (secondary N) is 1. The van der Waals surface area contributed by atoms with Crippen molar-refractivity contribution in [2.24, 2.45) is 0 Å². The van der Waals surface area contributed by atoms with E-state index in [1.807, 2.05) is 4.68 Å². The molecule has 16 heavy (non-hydrogen) atoms. The second kappa shape index (κ2) is 5.68. The van der Waals surface area contributed by atoms with Crippen LogP contribution in [-0.2, 0) is 6.54 Å². The van der Waals surface area contributed by atoms with Gasteiger partial charge in [0.1, 0.15) is 12.2 Å². The van der Waals surface area contributed by atoms with Gasteiger partial charge in [-0.15, -0.1) is 0 Å². The van der Waals surface area contributed by atoms with E-state index in [1.54, 1.807) is 6.33 Å². The van der Waals surface area contributed by atoms with Gasteiger partial charge < -0.3 is 5.32 Å². The highest BCUT2D eigenvalue weighted by Crippen LogP contribution is 2.17. The minimum Gasteiger partial charge on any atom is -0.307 e. The van der Waals surface area contributed by atoms with Crippen LogP contribution >= 0.6 is 11.8 Å². The summed E-state index contributed by atoms with van der Waals surface area (Å²) < 4.78 is 1.99. The average molecular weight is 240 g/mol. The Morgan fingerprint density at radius 1 is 1.50 bits per heavy atom. The molecule has 0 amide bonds. The van der Waals surface area contributed by atoms with Gasteiger partial charge in [-0.25, -0.2) is 9.67 Å². The molecule has 1 fully saturated rings. The molecule has 4 nitrogen and oxygen atoms in total. The van der Waals surface area contributed by atoms with E-state index in [9.17, 15) is 0 Å². The van der Waals surface area contributed by atoms with Crippen LogP contribution in [0.1, 0.15) is 38.6 Å². The van der Waals surface area contributed by atoms with Crippen molar-refractivity contribution in [2.45, 2.75) is 45.3 Å². The minimum absolute atomic E-state index is 0.390. The Morgan fingerprint density at radius 3 is 2.94 bits per heavy atom. The van der Waals surface area contributed by atoms with Crippen molar-refractivity contribution in [1.29, 1.82) is 0 Å². The molecule has 1 aliphatic heterocycles. The maximum atomic E-state index is 4.31. The highest BCUT2D eigenvalue weighted by Gasteiger charge is 2.14. The van der Waals surface area contributed by atoms with E-state index in [0.717, 1.165) is 12.4 Å². The van der Waals surface area contributed by atoms with Crippen LogP contribution in [0.25, 0.3) is 0 Å². The topological polar surface area (TPSA) is 42.7 Å². The van der Waals surface area contributed by atoms with Crippen LogP contribution in [0.5, 0.6) is 0 Å². The predicted octanol–water partition coefficient (Wildman–Crippen LogP) is 1.84. The normalized spacial score (nSPS) is 18.2. The van der Waals surface area contributed by atoms with Gasteiger partial charge in [0.25, 0.3) is 0 Å². The number of hydrogen-bond acceptors (Lipinski definition) is 4. The van der Waals surface area contributed by atoms with E-state index in [-0.39, 0.29) is 0 Å². The zero-order valence-corrected chi connectivity index (χ0v) is 10.8. The second-order valence-corrected chi connectivity index (χ2v) is 5.71. The first-order valence-electron chi connectivity index (χ1n) is 5.97. The van der Waals surface area contributed by atoms with Crippen LogP contribution in [0.2, 0.25) is 0 Å². The number of aromatic nitrogens is 3. The van der Waals surface area contributed by atoms with Crippen molar-refractivity contribution in [1.82, 2.24) is 20.1 Å². The molecule has 0 aromatic carbocycles. The van der Waals surface area contributed by atoms with Crippen LogP contribution < -0.4 is 5.32 Å². The fourth-order valence-electron chi connectivity index (χ4n) is 1.97. The fraction of sp³-hybridized carbons (Fsp3) is 0.818. The van der Waals surface area contributed by atoms with E-state index in [1.165, 1.54) is 24.3 Å². The first-order chi connectivity index (χ1) is 7.77. The molecule has 90 valence electrons. The number of hydrogen-bond donors (Lipinski definition) is 1. The SMILES string of the molecule is CC(C)n1ncnc1CNC1CCSCC1. The van der Waals surface area contributed by atoms with Crippen LogP contribution in [0.4, 0.5) is 0 Å². The van der Waals surface area contributed by atoms with Crippen LogP contribution in [0.3, 0.4) is 0 Å². The molecule has 0 saturated carbocycles. The molecule has 0 radical (unpaired) electrons. The third-order valence-corrected chi connectivity index (χ3v) is 3.96. The van der Waals surface area contributed by atoms with Gasteiger partial charge in [-0.05, 0) is 38.2 Å². The number of thioether (sulfide) groups is 1. The quantitative estimate of drug-likeness (QED) is 0.872. The zero-order chi connectivity index (χ0) is 11.4.